The summed E-state index contributed by atoms with van der Waals surface area (Å²) in [6.07, 6.45) is 1.31. The quantitative estimate of drug-likeness (QED) is 0.472. The molecule has 1 aromatic heterocycles. The largest absolute Gasteiger partial charge is 0.497 e. The van der Waals surface area contributed by atoms with Gasteiger partial charge in [-0.3, -0.25) is 19.1 Å². The monoisotopic (exact) mass is 388 g/mol. The number of allylic oxidation sites excluding steroid dienone is 1. The molecule has 9 nitrogen and oxygen atoms in total. The van der Waals surface area contributed by atoms with E-state index < -0.39 is 29.7 Å². The molecule has 1 saturated heterocycles. The van der Waals surface area contributed by atoms with Crippen molar-refractivity contribution in [3.05, 3.63) is 68.5 Å². The number of nitrogens with one attached hydrogen (secondary N) is 1. The zero-order valence-corrected chi connectivity index (χ0v) is 15.1. The Morgan fingerprint density at radius 2 is 2.07 bits per heavy atom. The van der Waals surface area contributed by atoms with Crippen LogP contribution in [0, 0.1) is 0 Å². The molecule has 1 fully saturated rings. The molecule has 0 bridgehead atoms. The normalized spacial score (nSPS) is 21.9. The zero-order chi connectivity index (χ0) is 20.3. The lowest BCUT2D eigenvalue weighted by atomic mass is 10.1. The molecule has 1 aliphatic rings. The van der Waals surface area contributed by atoms with Gasteiger partial charge in [-0.15, -0.1) is 0 Å². The van der Waals surface area contributed by atoms with Crippen molar-refractivity contribution >= 4 is 11.9 Å². The van der Waals surface area contributed by atoms with Crippen LogP contribution in [0.25, 0.3) is 6.08 Å². The number of aliphatic hydroxyl groups is 2. The lowest BCUT2D eigenvalue weighted by Crippen LogP contribution is -2.33. The van der Waals surface area contributed by atoms with E-state index >= 15 is 0 Å². The number of aliphatic hydroxyl groups excluding tert-OH is 2. The molecule has 148 valence electrons. The first-order chi connectivity index (χ1) is 13.4. The van der Waals surface area contributed by atoms with E-state index in [0.29, 0.717) is 11.3 Å². The van der Waals surface area contributed by atoms with E-state index in [9.17, 15) is 19.5 Å². The summed E-state index contributed by atoms with van der Waals surface area (Å²) < 4.78 is 11.6. The van der Waals surface area contributed by atoms with Crippen molar-refractivity contribution in [2.45, 2.75) is 24.9 Å². The van der Waals surface area contributed by atoms with E-state index in [-0.39, 0.29) is 24.4 Å². The van der Waals surface area contributed by atoms with Crippen molar-refractivity contribution in [1.29, 1.82) is 0 Å². The Bertz CT molecular complexity index is 991. The van der Waals surface area contributed by atoms with Crippen LogP contribution in [0.15, 0.2) is 46.1 Å². The highest BCUT2D eigenvalue weighted by Gasteiger charge is 2.35. The van der Waals surface area contributed by atoms with Crippen molar-refractivity contribution in [3.63, 3.8) is 0 Å². The molecule has 2 aromatic rings. The molecule has 1 aromatic carbocycles. The first-order valence-electron chi connectivity index (χ1n) is 8.59. The van der Waals surface area contributed by atoms with E-state index in [2.05, 4.69) is 4.98 Å². The maximum absolute atomic E-state index is 12.3. The molecular formula is C19H20N2O7. The third kappa shape index (κ3) is 4.11. The average molecular weight is 388 g/mol. The smallest absolute Gasteiger partial charge is 0.330 e. The van der Waals surface area contributed by atoms with Gasteiger partial charge < -0.3 is 19.7 Å². The van der Waals surface area contributed by atoms with Crippen LogP contribution in [0.5, 0.6) is 5.75 Å². The summed E-state index contributed by atoms with van der Waals surface area (Å²) in [6.45, 7) is -0.390. The predicted octanol–water partition coefficient (Wildman–Crippen LogP) is 0.0820. The van der Waals surface area contributed by atoms with Gasteiger partial charge in [0.05, 0.1) is 25.4 Å². The first-order valence-corrected chi connectivity index (χ1v) is 8.59. The molecule has 28 heavy (non-hydrogen) atoms. The Morgan fingerprint density at radius 3 is 2.68 bits per heavy atom. The van der Waals surface area contributed by atoms with Crippen molar-refractivity contribution < 1.29 is 24.5 Å². The van der Waals surface area contributed by atoms with E-state index in [4.69, 9.17) is 14.6 Å². The van der Waals surface area contributed by atoms with Gasteiger partial charge in [0.15, 0.2) is 5.78 Å². The van der Waals surface area contributed by atoms with Crippen LogP contribution in [0.1, 0.15) is 28.6 Å². The molecule has 3 rings (SSSR count). The number of H-pyrrole nitrogens is 1. The van der Waals surface area contributed by atoms with Gasteiger partial charge in [-0.25, -0.2) is 4.79 Å². The number of carbonyl (C=O) groups excluding carboxylic acids is 1. The summed E-state index contributed by atoms with van der Waals surface area (Å²) in [5.74, 6) is 0.289. The fourth-order valence-electron chi connectivity index (χ4n) is 2.90. The summed E-state index contributed by atoms with van der Waals surface area (Å²) in [7, 11) is 1.52. The Labute approximate surface area is 159 Å². The molecule has 0 saturated carbocycles. The van der Waals surface area contributed by atoms with Crippen molar-refractivity contribution in [2.75, 3.05) is 13.7 Å². The summed E-state index contributed by atoms with van der Waals surface area (Å²) in [5.41, 5.74) is -0.876. The van der Waals surface area contributed by atoms with Crippen LogP contribution in [0.2, 0.25) is 0 Å². The second-order valence-corrected chi connectivity index (χ2v) is 6.29. The highest BCUT2D eigenvalue weighted by atomic mass is 16.5. The third-order valence-electron chi connectivity index (χ3n) is 4.48. The van der Waals surface area contributed by atoms with Gasteiger partial charge >= 0.3 is 5.69 Å². The highest BCUT2D eigenvalue weighted by molar-refractivity contribution is 6.06. The molecule has 0 radical (unpaired) electrons. The fraction of sp³-hybridized carbons (Fsp3) is 0.316. The van der Waals surface area contributed by atoms with Crippen molar-refractivity contribution in [2.24, 2.45) is 0 Å². The standard InChI is InChI=1S/C19H20N2O7/c1-27-13-5-2-11(3-6-13)14(23)7-4-12-9-21(19(26)20-18(12)25)17-8-15(24)16(10-22)28-17/h2-7,9,15-17,22,24H,8,10H2,1H3,(H,20,25,26)/b7-4+/t15-,16+,17+/m0/s1. The number of hydrogen-bond donors (Lipinski definition) is 3. The number of nitrogens with zero attached hydrogens (tertiary/aromatic N) is 1. The molecular weight excluding hydrogens is 368 g/mol. The van der Waals surface area contributed by atoms with Gasteiger partial charge in [0.25, 0.3) is 5.56 Å². The highest BCUT2D eigenvalue weighted by Crippen LogP contribution is 2.27. The number of carbonyl (C=O) groups is 1. The minimum Gasteiger partial charge on any atom is -0.497 e. The topological polar surface area (TPSA) is 131 Å². The molecule has 0 amide bonds. The molecule has 9 heteroatoms. The molecule has 3 N–H and O–H groups in total. The molecule has 0 unspecified atom stereocenters. The van der Waals surface area contributed by atoms with Crippen LogP contribution in [-0.4, -0.2) is 51.5 Å². The van der Waals surface area contributed by atoms with Gasteiger partial charge in [0.2, 0.25) is 0 Å². The average Bonchev–Trinajstić information content (AvgIpc) is 3.07. The first kappa shape index (κ1) is 19.7. The Hall–Kier alpha value is -3.01. The van der Waals surface area contributed by atoms with E-state index in [0.717, 1.165) is 4.57 Å². The summed E-state index contributed by atoms with van der Waals surface area (Å²) in [4.78, 5) is 38.6. The summed E-state index contributed by atoms with van der Waals surface area (Å²) >= 11 is 0. The number of methoxy groups -OCH3 is 1. The molecule has 3 atom stereocenters. The van der Waals surface area contributed by atoms with Crippen LogP contribution in [-0.2, 0) is 4.74 Å². The lowest BCUT2D eigenvalue weighted by Gasteiger charge is -2.14. The Kier molecular flexibility index (Phi) is 5.88. The van der Waals surface area contributed by atoms with Gasteiger partial charge in [0, 0.05) is 18.2 Å². The second-order valence-electron chi connectivity index (χ2n) is 6.29. The van der Waals surface area contributed by atoms with E-state index in [1.807, 2.05) is 0 Å². The number of rotatable bonds is 6. The van der Waals surface area contributed by atoms with Crippen molar-refractivity contribution in [3.8, 4) is 5.75 Å². The zero-order valence-electron chi connectivity index (χ0n) is 15.1. The van der Waals surface area contributed by atoms with Crippen LogP contribution in [0.3, 0.4) is 0 Å². The molecule has 0 aliphatic carbocycles. The Morgan fingerprint density at radius 1 is 1.36 bits per heavy atom. The lowest BCUT2D eigenvalue weighted by molar-refractivity contribution is -0.0459. The van der Waals surface area contributed by atoms with Gasteiger partial charge in [-0.2, -0.15) is 0 Å². The number of ketones is 1. The predicted molar refractivity (Wildman–Crippen MR) is 99.3 cm³/mol. The number of aromatic amines is 1. The third-order valence-corrected chi connectivity index (χ3v) is 4.48. The Balaban J connectivity index is 1.84. The van der Waals surface area contributed by atoms with Gasteiger partial charge in [-0.1, -0.05) is 0 Å². The SMILES string of the molecule is COc1ccc(C(=O)/C=C/c2cn([C@H]3C[C@H](O)[C@@H](CO)O3)c(=O)[nH]c2=O)cc1. The minimum atomic E-state index is -0.926. The van der Waals surface area contributed by atoms with E-state index in [1.165, 1.54) is 25.5 Å². The summed E-state index contributed by atoms with van der Waals surface area (Å²) in [6, 6.07) is 6.49. The minimum absolute atomic E-state index is 0.0759. The second kappa shape index (κ2) is 8.34. The van der Waals surface area contributed by atoms with Gasteiger partial charge in [0.1, 0.15) is 18.1 Å². The number of benzene rings is 1. The molecule has 0 spiro atoms. The molecule has 1 aliphatic heterocycles. The van der Waals surface area contributed by atoms with Crippen LogP contribution >= 0.6 is 0 Å². The van der Waals surface area contributed by atoms with Gasteiger partial charge in [-0.05, 0) is 36.4 Å². The van der Waals surface area contributed by atoms with Crippen molar-refractivity contribution in [1.82, 2.24) is 9.55 Å². The summed E-state index contributed by atoms with van der Waals surface area (Å²) in [5, 5.41) is 19.0. The van der Waals surface area contributed by atoms with Crippen LogP contribution in [0.4, 0.5) is 0 Å². The maximum atomic E-state index is 12.3. The molecule has 2 heterocycles. The van der Waals surface area contributed by atoms with Crippen LogP contribution < -0.4 is 16.0 Å². The number of aromatic nitrogens is 2. The van der Waals surface area contributed by atoms with E-state index in [1.54, 1.807) is 24.3 Å². The maximum Gasteiger partial charge on any atom is 0.330 e. The number of hydrogen-bond acceptors (Lipinski definition) is 7. The number of ether oxygens (including phenoxy) is 2. The fourth-order valence-corrected chi connectivity index (χ4v) is 2.90.